The van der Waals surface area contributed by atoms with Crippen molar-refractivity contribution >= 4 is 17.3 Å². The Hall–Kier alpha value is -0.730. The molecule has 1 aliphatic carbocycles. The lowest BCUT2D eigenvalue weighted by atomic mass is 10.0. The van der Waals surface area contributed by atoms with Crippen molar-refractivity contribution in [3.63, 3.8) is 0 Å². The Morgan fingerprint density at radius 1 is 1.12 bits per heavy atom. The molecule has 1 heterocycles. The van der Waals surface area contributed by atoms with Crippen LogP contribution in [0.15, 0.2) is 18.2 Å². The van der Waals surface area contributed by atoms with Crippen LogP contribution in [-0.2, 0) is 5.54 Å². The SMILES string of the molecule is NC1(c2cc(Cl)ccc2N2CCCCC2)CC1. The number of nitrogens with zero attached hydrogens (tertiary/aromatic N) is 1. The van der Waals surface area contributed by atoms with E-state index in [4.69, 9.17) is 17.3 Å². The van der Waals surface area contributed by atoms with Gasteiger partial charge in [-0.1, -0.05) is 11.6 Å². The van der Waals surface area contributed by atoms with E-state index in [1.54, 1.807) is 0 Å². The molecule has 0 radical (unpaired) electrons. The van der Waals surface area contributed by atoms with Crippen LogP contribution in [0, 0.1) is 0 Å². The molecule has 3 rings (SSSR count). The third-order valence-electron chi connectivity index (χ3n) is 3.98. The van der Waals surface area contributed by atoms with E-state index >= 15 is 0 Å². The zero-order chi connectivity index (χ0) is 11.9. The second kappa shape index (κ2) is 4.18. The van der Waals surface area contributed by atoms with Crippen molar-refractivity contribution in [3.05, 3.63) is 28.8 Å². The van der Waals surface area contributed by atoms with E-state index in [0.29, 0.717) is 0 Å². The molecule has 0 unspecified atom stereocenters. The minimum absolute atomic E-state index is 0.0995. The van der Waals surface area contributed by atoms with Gasteiger partial charge in [0.25, 0.3) is 0 Å². The summed E-state index contributed by atoms with van der Waals surface area (Å²) in [6.07, 6.45) is 6.12. The minimum Gasteiger partial charge on any atom is -0.371 e. The van der Waals surface area contributed by atoms with Crippen LogP contribution in [0.25, 0.3) is 0 Å². The zero-order valence-corrected chi connectivity index (χ0v) is 10.8. The highest BCUT2D eigenvalue weighted by atomic mass is 35.5. The van der Waals surface area contributed by atoms with Crippen molar-refractivity contribution in [1.82, 2.24) is 0 Å². The summed E-state index contributed by atoms with van der Waals surface area (Å²) in [7, 11) is 0. The molecule has 1 aromatic rings. The van der Waals surface area contributed by atoms with Crippen molar-refractivity contribution in [1.29, 1.82) is 0 Å². The molecule has 1 aromatic carbocycles. The van der Waals surface area contributed by atoms with Gasteiger partial charge in [0.05, 0.1) is 0 Å². The summed E-state index contributed by atoms with van der Waals surface area (Å²) in [5.74, 6) is 0. The molecule has 2 nitrogen and oxygen atoms in total. The average Bonchev–Trinajstić information content (AvgIpc) is 3.10. The lowest BCUT2D eigenvalue weighted by Gasteiger charge is -2.32. The first kappa shape index (κ1) is 11.4. The van der Waals surface area contributed by atoms with Gasteiger partial charge >= 0.3 is 0 Å². The number of nitrogens with two attached hydrogens (primary N) is 1. The van der Waals surface area contributed by atoms with Gasteiger partial charge in [-0.15, -0.1) is 0 Å². The second-order valence-electron chi connectivity index (χ2n) is 5.37. The highest BCUT2D eigenvalue weighted by Gasteiger charge is 2.42. The van der Waals surface area contributed by atoms with Crippen molar-refractivity contribution < 1.29 is 0 Å². The number of hydrogen-bond acceptors (Lipinski definition) is 2. The monoisotopic (exact) mass is 250 g/mol. The van der Waals surface area contributed by atoms with E-state index in [9.17, 15) is 0 Å². The smallest absolute Gasteiger partial charge is 0.0432 e. The van der Waals surface area contributed by atoms with Gasteiger partial charge in [0.15, 0.2) is 0 Å². The molecular formula is C14H19ClN2. The number of benzene rings is 1. The highest BCUT2D eigenvalue weighted by Crippen LogP contribution is 2.47. The summed E-state index contributed by atoms with van der Waals surface area (Å²) in [4.78, 5) is 2.47. The Morgan fingerprint density at radius 3 is 2.47 bits per heavy atom. The number of piperidine rings is 1. The van der Waals surface area contributed by atoms with Gasteiger partial charge in [-0.3, -0.25) is 0 Å². The summed E-state index contributed by atoms with van der Waals surface area (Å²) in [5, 5.41) is 0.803. The fraction of sp³-hybridized carbons (Fsp3) is 0.571. The zero-order valence-electron chi connectivity index (χ0n) is 10.1. The fourth-order valence-corrected chi connectivity index (χ4v) is 2.89. The molecule has 1 aliphatic heterocycles. The van der Waals surface area contributed by atoms with Crippen molar-refractivity contribution in [2.24, 2.45) is 5.73 Å². The first-order chi connectivity index (χ1) is 8.19. The Labute approximate surface area is 108 Å². The van der Waals surface area contributed by atoms with E-state index in [1.807, 2.05) is 6.07 Å². The van der Waals surface area contributed by atoms with E-state index in [0.717, 1.165) is 31.0 Å². The van der Waals surface area contributed by atoms with Gasteiger partial charge in [0, 0.05) is 29.3 Å². The summed E-state index contributed by atoms with van der Waals surface area (Å²) in [6, 6.07) is 6.20. The van der Waals surface area contributed by atoms with Gasteiger partial charge in [0.1, 0.15) is 0 Å². The van der Waals surface area contributed by atoms with Gasteiger partial charge < -0.3 is 10.6 Å². The molecule has 0 amide bonds. The van der Waals surface area contributed by atoms with Crippen molar-refractivity contribution in [2.75, 3.05) is 18.0 Å². The fourth-order valence-electron chi connectivity index (χ4n) is 2.72. The summed E-state index contributed by atoms with van der Waals surface area (Å²) in [6.45, 7) is 2.31. The maximum atomic E-state index is 6.36. The maximum Gasteiger partial charge on any atom is 0.0432 e. The molecule has 0 atom stereocenters. The first-order valence-corrected chi connectivity index (χ1v) is 6.91. The number of anilines is 1. The average molecular weight is 251 g/mol. The van der Waals surface area contributed by atoms with Crippen LogP contribution < -0.4 is 10.6 Å². The lowest BCUT2D eigenvalue weighted by Crippen LogP contribution is -2.32. The summed E-state index contributed by atoms with van der Waals surface area (Å²) in [5.41, 5.74) is 8.83. The molecule has 2 aliphatic rings. The van der Waals surface area contributed by atoms with E-state index < -0.39 is 0 Å². The molecule has 17 heavy (non-hydrogen) atoms. The molecule has 2 N–H and O–H groups in total. The predicted molar refractivity (Wildman–Crippen MR) is 72.6 cm³/mol. The summed E-state index contributed by atoms with van der Waals surface area (Å²) >= 11 is 6.12. The van der Waals surface area contributed by atoms with Gasteiger partial charge in [-0.05, 0) is 55.9 Å². The van der Waals surface area contributed by atoms with E-state index in [2.05, 4.69) is 17.0 Å². The van der Waals surface area contributed by atoms with Gasteiger partial charge in [0.2, 0.25) is 0 Å². The van der Waals surface area contributed by atoms with Gasteiger partial charge in [-0.25, -0.2) is 0 Å². The third-order valence-corrected chi connectivity index (χ3v) is 4.22. The molecule has 2 fully saturated rings. The van der Waals surface area contributed by atoms with Crippen molar-refractivity contribution in [2.45, 2.75) is 37.6 Å². The Kier molecular flexibility index (Phi) is 2.80. The second-order valence-corrected chi connectivity index (χ2v) is 5.80. The number of hydrogen-bond donors (Lipinski definition) is 1. The van der Waals surface area contributed by atoms with Crippen LogP contribution in [-0.4, -0.2) is 13.1 Å². The Morgan fingerprint density at radius 2 is 1.82 bits per heavy atom. The van der Waals surface area contributed by atoms with Crippen LogP contribution in [0.4, 0.5) is 5.69 Å². The standard InChI is InChI=1S/C14H19ClN2/c15-11-4-5-13(17-8-2-1-3-9-17)12(10-11)14(16)6-7-14/h4-5,10H,1-3,6-9,16H2. The third kappa shape index (κ3) is 2.16. The largest absolute Gasteiger partial charge is 0.371 e. The van der Waals surface area contributed by atoms with Crippen LogP contribution in [0.1, 0.15) is 37.7 Å². The van der Waals surface area contributed by atoms with Gasteiger partial charge in [-0.2, -0.15) is 0 Å². The van der Waals surface area contributed by atoms with Crippen LogP contribution in [0.5, 0.6) is 0 Å². The molecule has 1 saturated carbocycles. The molecule has 0 spiro atoms. The highest BCUT2D eigenvalue weighted by molar-refractivity contribution is 6.30. The van der Waals surface area contributed by atoms with Crippen LogP contribution >= 0.6 is 11.6 Å². The Bertz CT molecular complexity index is 420. The molecule has 92 valence electrons. The number of rotatable bonds is 2. The van der Waals surface area contributed by atoms with Crippen LogP contribution in [0.2, 0.25) is 5.02 Å². The molecule has 0 bridgehead atoms. The molecular weight excluding hydrogens is 232 g/mol. The molecule has 1 saturated heterocycles. The molecule has 3 heteroatoms. The predicted octanol–water partition coefficient (Wildman–Crippen LogP) is 3.28. The van der Waals surface area contributed by atoms with E-state index in [1.165, 1.54) is 30.5 Å². The lowest BCUT2D eigenvalue weighted by molar-refractivity contribution is 0.573. The quantitative estimate of drug-likeness (QED) is 0.873. The maximum absolute atomic E-state index is 6.36. The van der Waals surface area contributed by atoms with E-state index in [-0.39, 0.29) is 5.54 Å². The minimum atomic E-state index is -0.0995. The topological polar surface area (TPSA) is 29.3 Å². The van der Waals surface area contributed by atoms with Crippen LogP contribution in [0.3, 0.4) is 0 Å². The molecule has 0 aromatic heterocycles. The normalized spacial score (nSPS) is 22.6. The number of halogens is 1. The van der Waals surface area contributed by atoms with Crippen molar-refractivity contribution in [3.8, 4) is 0 Å². The first-order valence-electron chi connectivity index (χ1n) is 6.53. The Balaban J connectivity index is 1.97. The summed E-state index contributed by atoms with van der Waals surface area (Å²) < 4.78 is 0.